The van der Waals surface area contributed by atoms with Gasteiger partial charge in [0, 0.05) is 5.56 Å². The van der Waals surface area contributed by atoms with Crippen molar-refractivity contribution in [3.63, 3.8) is 0 Å². The lowest BCUT2D eigenvalue weighted by atomic mass is 10.1. The molecule has 0 aliphatic carbocycles. The maximum atomic E-state index is 5.48. The molecule has 0 radical (unpaired) electrons. The van der Waals surface area contributed by atoms with E-state index in [4.69, 9.17) is 10.3 Å². The highest BCUT2D eigenvalue weighted by Gasteiger charge is 2.15. The van der Waals surface area contributed by atoms with Gasteiger partial charge in [0.05, 0.1) is 12.0 Å². The van der Waals surface area contributed by atoms with Gasteiger partial charge in [0.15, 0.2) is 0 Å². The van der Waals surface area contributed by atoms with Gasteiger partial charge < -0.3 is 9.84 Å². The first kappa shape index (κ1) is 12.9. The Labute approximate surface area is 110 Å². The third-order valence-corrected chi connectivity index (χ3v) is 3.52. The van der Waals surface area contributed by atoms with Crippen molar-refractivity contribution in [2.45, 2.75) is 30.5 Å². The minimum absolute atomic E-state index is 0.302. The number of rotatable bonds is 5. The summed E-state index contributed by atoms with van der Waals surface area (Å²) in [6.07, 6.45) is 3.19. The van der Waals surface area contributed by atoms with Gasteiger partial charge in [-0.1, -0.05) is 25.6 Å². The van der Waals surface area contributed by atoms with Gasteiger partial charge in [0.2, 0.25) is 0 Å². The monoisotopic (exact) mass is 264 g/mol. The van der Waals surface area contributed by atoms with Crippen molar-refractivity contribution in [3.8, 4) is 0 Å². The molecule has 0 amide bonds. The van der Waals surface area contributed by atoms with Gasteiger partial charge in [-0.05, 0) is 18.1 Å². The first-order valence-corrected chi connectivity index (χ1v) is 6.67. The number of aromatic nitrogens is 2. The third-order valence-electron chi connectivity index (χ3n) is 2.49. The first-order valence-electron chi connectivity index (χ1n) is 5.69. The number of thioether (sulfide) groups is 1. The van der Waals surface area contributed by atoms with Crippen molar-refractivity contribution in [1.29, 1.82) is 0 Å². The Balaban J connectivity index is 2.21. The molecule has 2 rings (SSSR count). The van der Waals surface area contributed by atoms with Crippen LogP contribution >= 0.6 is 11.8 Å². The van der Waals surface area contributed by atoms with Gasteiger partial charge in [-0.3, -0.25) is 0 Å². The first-order chi connectivity index (χ1) is 8.72. The second-order valence-electron chi connectivity index (χ2n) is 4.11. The van der Waals surface area contributed by atoms with E-state index >= 15 is 0 Å². The average Bonchev–Trinajstić information content (AvgIpc) is 2.88. The molecule has 2 heterocycles. The molecular weight excluding hydrogens is 248 g/mol. The van der Waals surface area contributed by atoms with Crippen LogP contribution in [0.15, 0.2) is 34.2 Å². The zero-order valence-electron chi connectivity index (χ0n) is 10.4. The molecule has 0 saturated heterocycles. The van der Waals surface area contributed by atoms with Gasteiger partial charge in [0.1, 0.15) is 22.9 Å². The standard InChI is InChI=1S/C12H16N4OS/c1-8(2)10-11(16-13)14-7-15-12(10)18-6-9-4-3-5-17-9/h3-5,7-8H,6,13H2,1-2H3,(H,14,15,16). The molecule has 0 spiro atoms. The van der Waals surface area contributed by atoms with Gasteiger partial charge in [-0.25, -0.2) is 15.8 Å². The van der Waals surface area contributed by atoms with Gasteiger partial charge in [-0.15, -0.1) is 0 Å². The smallest absolute Gasteiger partial charge is 0.147 e. The fraction of sp³-hybridized carbons (Fsp3) is 0.333. The summed E-state index contributed by atoms with van der Waals surface area (Å²) < 4.78 is 5.31. The minimum Gasteiger partial charge on any atom is -0.468 e. The maximum absolute atomic E-state index is 5.48. The minimum atomic E-state index is 0.302. The highest BCUT2D eigenvalue weighted by Crippen LogP contribution is 2.32. The number of hydrazine groups is 1. The zero-order valence-corrected chi connectivity index (χ0v) is 11.2. The normalized spacial score (nSPS) is 10.9. The fourth-order valence-corrected chi connectivity index (χ4v) is 2.72. The lowest BCUT2D eigenvalue weighted by Crippen LogP contribution is -2.13. The third kappa shape index (κ3) is 2.83. The summed E-state index contributed by atoms with van der Waals surface area (Å²) in [7, 11) is 0. The molecule has 96 valence electrons. The van der Waals surface area contributed by atoms with Crippen molar-refractivity contribution < 1.29 is 4.42 Å². The topological polar surface area (TPSA) is 77.0 Å². The van der Waals surface area contributed by atoms with Crippen LogP contribution in [0, 0.1) is 0 Å². The van der Waals surface area contributed by atoms with E-state index in [1.54, 1.807) is 18.0 Å². The number of nitrogen functional groups attached to an aromatic ring is 1. The molecule has 0 aliphatic rings. The Bertz CT molecular complexity index is 499. The number of nitrogens with zero attached hydrogens (tertiary/aromatic N) is 2. The van der Waals surface area contributed by atoms with Crippen molar-refractivity contribution in [1.82, 2.24) is 9.97 Å². The molecule has 6 heteroatoms. The summed E-state index contributed by atoms with van der Waals surface area (Å²) in [5.74, 6) is 8.13. The Hall–Kier alpha value is -1.53. The number of hydrogen-bond acceptors (Lipinski definition) is 6. The van der Waals surface area contributed by atoms with Gasteiger partial charge in [0.25, 0.3) is 0 Å². The number of nitrogens with one attached hydrogen (secondary N) is 1. The van der Waals surface area contributed by atoms with Crippen molar-refractivity contribution in [3.05, 3.63) is 36.0 Å². The number of nitrogens with two attached hydrogens (primary N) is 1. The molecule has 3 N–H and O–H groups in total. The summed E-state index contributed by atoms with van der Waals surface area (Å²) in [5.41, 5.74) is 3.66. The van der Waals surface area contributed by atoms with E-state index in [2.05, 4.69) is 29.2 Å². The summed E-state index contributed by atoms with van der Waals surface area (Å²) >= 11 is 1.62. The Morgan fingerprint density at radius 3 is 2.89 bits per heavy atom. The zero-order chi connectivity index (χ0) is 13.0. The summed E-state index contributed by atoms with van der Waals surface area (Å²) in [6.45, 7) is 4.19. The predicted molar refractivity (Wildman–Crippen MR) is 72.2 cm³/mol. The molecule has 0 bridgehead atoms. The highest BCUT2D eigenvalue weighted by molar-refractivity contribution is 7.98. The SMILES string of the molecule is CC(C)c1c(NN)ncnc1SCc1ccco1. The van der Waals surface area contributed by atoms with Crippen LogP contribution in [-0.4, -0.2) is 9.97 Å². The van der Waals surface area contributed by atoms with E-state index in [0.717, 1.165) is 22.1 Å². The molecule has 2 aromatic rings. The van der Waals surface area contributed by atoms with Crippen LogP contribution in [0.4, 0.5) is 5.82 Å². The van der Waals surface area contributed by atoms with E-state index < -0.39 is 0 Å². The number of hydrogen-bond donors (Lipinski definition) is 2. The largest absolute Gasteiger partial charge is 0.468 e. The van der Waals surface area contributed by atoms with Gasteiger partial charge >= 0.3 is 0 Å². The van der Waals surface area contributed by atoms with Crippen LogP contribution in [-0.2, 0) is 5.75 Å². The molecular formula is C12H16N4OS. The second kappa shape index (κ2) is 5.88. The summed E-state index contributed by atoms with van der Waals surface area (Å²) in [4.78, 5) is 8.46. The summed E-state index contributed by atoms with van der Waals surface area (Å²) in [6, 6.07) is 3.83. The van der Waals surface area contributed by atoms with Crippen LogP contribution in [0.25, 0.3) is 0 Å². The molecule has 0 saturated carbocycles. The maximum Gasteiger partial charge on any atom is 0.147 e. The molecule has 0 atom stereocenters. The molecule has 18 heavy (non-hydrogen) atoms. The lowest BCUT2D eigenvalue weighted by molar-refractivity contribution is 0.530. The van der Waals surface area contributed by atoms with Crippen LogP contribution in [0.5, 0.6) is 0 Å². The molecule has 0 aliphatic heterocycles. The van der Waals surface area contributed by atoms with Crippen molar-refractivity contribution in [2.24, 2.45) is 5.84 Å². The fourth-order valence-electron chi connectivity index (χ4n) is 1.66. The second-order valence-corrected chi connectivity index (χ2v) is 5.07. The number of anilines is 1. The Morgan fingerprint density at radius 2 is 2.28 bits per heavy atom. The van der Waals surface area contributed by atoms with E-state index in [1.807, 2.05) is 12.1 Å². The molecule has 0 unspecified atom stereocenters. The summed E-state index contributed by atoms with van der Waals surface area (Å²) in [5, 5.41) is 0.935. The Kier molecular flexibility index (Phi) is 4.22. The lowest BCUT2D eigenvalue weighted by Gasteiger charge is -2.14. The average molecular weight is 264 g/mol. The highest BCUT2D eigenvalue weighted by atomic mass is 32.2. The van der Waals surface area contributed by atoms with Crippen molar-refractivity contribution in [2.75, 3.05) is 5.43 Å². The number of furan rings is 1. The van der Waals surface area contributed by atoms with E-state index in [-0.39, 0.29) is 0 Å². The quantitative estimate of drug-likeness (QED) is 0.374. The van der Waals surface area contributed by atoms with Crippen LogP contribution in [0.3, 0.4) is 0 Å². The van der Waals surface area contributed by atoms with Crippen LogP contribution in [0.2, 0.25) is 0 Å². The Morgan fingerprint density at radius 1 is 1.44 bits per heavy atom. The molecule has 0 aromatic carbocycles. The van der Waals surface area contributed by atoms with Crippen molar-refractivity contribution >= 4 is 17.6 Å². The van der Waals surface area contributed by atoms with Gasteiger partial charge in [-0.2, -0.15) is 0 Å². The van der Waals surface area contributed by atoms with E-state index in [0.29, 0.717) is 11.7 Å². The van der Waals surface area contributed by atoms with E-state index in [1.165, 1.54) is 6.33 Å². The molecule has 2 aromatic heterocycles. The van der Waals surface area contributed by atoms with E-state index in [9.17, 15) is 0 Å². The van der Waals surface area contributed by atoms with Crippen LogP contribution in [0.1, 0.15) is 31.1 Å². The predicted octanol–water partition coefficient (Wildman–Crippen LogP) is 2.77. The molecule has 0 fully saturated rings. The van der Waals surface area contributed by atoms with Crippen LogP contribution < -0.4 is 11.3 Å². The molecule has 5 nitrogen and oxygen atoms in total.